The third-order valence-electron chi connectivity index (χ3n) is 2.69. The van der Waals surface area contributed by atoms with Crippen molar-refractivity contribution in [3.63, 3.8) is 0 Å². The van der Waals surface area contributed by atoms with Crippen LogP contribution in [0, 0.1) is 0 Å². The third kappa shape index (κ3) is 3.14. The monoisotopic (exact) mass is 256 g/mol. The Morgan fingerprint density at radius 3 is 1.78 bits per heavy atom. The van der Waals surface area contributed by atoms with Crippen LogP contribution < -0.4 is 5.73 Å². The van der Waals surface area contributed by atoms with Gasteiger partial charge >= 0.3 is 0 Å². The number of amidine groups is 1. The minimum atomic E-state index is -0.0560. The molecule has 2 aromatic rings. The van der Waals surface area contributed by atoms with Crippen LogP contribution in [0.4, 0.5) is 0 Å². The molecule has 92 valence electrons. The molecule has 0 aliphatic heterocycles. The molecule has 2 N–H and O–H groups in total. The average Bonchev–Trinajstić information content (AvgIpc) is 2.46. The summed E-state index contributed by atoms with van der Waals surface area (Å²) < 4.78 is 0. The van der Waals surface area contributed by atoms with Crippen molar-refractivity contribution in [1.82, 2.24) is 0 Å². The number of hydrogen-bond acceptors (Lipinski definition) is 2. The van der Waals surface area contributed by atoms with E-state index in [1.807, 2.05) is 36.4 Å². The van der Waals surface area contributed by atoms with Crippen LogP contribution in [-0.4, -0.2) is 11.6 Å². The van der Waals surface area contributed by atoms with E-state index in [0.29, 0.717) is 11.6 Å². The first-order valence-electron chi connectivity index (χ1n) is 5.84. The molecule has 0 fully saturated rings. The lowest BCUT2D eigenvalue weighted by atomic mass is 9.99. The molecule has 0 radical (unpaired) electrons. The number of benzene rings is 2. The molecule has 0 aliphatic rings. The molecule has 0 atom stereocenters. The molecule has 0 aliphatic carbocycles. The lowest BCUT2D eigenvalue weighted by Gasteiger charge is -2.14. The van der Waals surface area contributed by atoms with Crippen LogP contribution in [0.2, 0.25) is 0 Å². The van der Waals surface area contributed by atoms with Gasteiger partial charge in [-0.3, -0.25) is 4.99 Å². The number of hydrogen-bond donors (Lipinski definition) is 2. The fourth-order valence-corrected chi connectivity index (χ4v) is 1.90. The van der Waals surface area contributed by atoms with Crippen LogP contribution in [0.3, 0.4) is 0 Å². The van der Waals surface area contributed by atoms with Crippen LogP contribution >= 0.6 is 12.6 Å². The van der Waals surface area contributed by atoms with Gasteiger partial charge in [0.25, 0.3) is 0 Å². The molecule has 0 spiro atoms. The molecule has 0 amide bonds. The van der Waals surface area contributed by atoms with E-state index in [9.17, 15) is 0 Å². The molecule has 0 heterocycles. The molecule has 0 unspecified atom stereocenters. The smallest absolute Gasteiger partial charge is 0.105 e. The standard InChI is InChI=1S/C15H16N2S/c16-14(11-18)17-15(12-7-3-1-4-8-12)13-9-5-2-6-10-13/h1-10,15,18H,11H2,(H2,16,17). The lowest BCUT2D eigenvalue weighted by molar-refractivity contribution is 0.869. The van der Waals surface area contributed by atoms with Crippen LogP contribution in [0.1, 0.15) is 17.2 Å². The Morgan fingerprint density at radius 2 is 1.39 bits per heavy atom. The Kier molecular flexibility index (Phi) is 4.42. The first-order chi connectivity index (χ1) is 8.81. The average molecular weight is 256 g/mol. The van der Waals surface area contributed by atoms with Gasteiger partial charge in [-0.05, 0) is 11.1 Å². The van der Waals surface area contributed by atoms with E-state index in [4.69, 9.17) is 5.73 Å². The van der Waals surface area contributed by atoms with E-state index in [1.54, 1.807) is 0 Å². The summed E-state index contributed by atoms with van der Waals surface area (Å²) in [5, 5.41) is 0. The normalized spacial score (nSPS) is 11.8. The van der Waals surface area contributed by atoms with Gasteiger partial charge in [0.2, 0.25) is 0 Å². The summed E-state index contributed by atoms with van der Waals surface area (Å²) in [5.74, 6) is 1.02. The second kappa shape index (κ2) is 6.26. The number of nitrogens with zero attached hydrogens (tertiary/aromatic N) is 1. The van der Waals surface area contributed by atoms with Gasteiger partial charge in [0.1, 0.15) is 11.9 Å². The van der Waals surface area contributed by atoms with Gasteiger partial charge in [0.15, 0.2) is 0 Å². The SMILES string of the molecule is NC(CS)=NC(c1ccccc1)c1ccccc1. The van der Waals surface area contributed by atoms with Gasteiger partial charge in [0.05, 0.1) is 0 Å². The maximum Gasteiger partial charge on any atom is 0.105 e. The minimum absolute atomic E-state index is 0.0560. The van der Waals surface area contributed by atoms with Crippen molar-refractivity contribution in [1.29, 1.82) is 0 Å². The zero-order chi connectivity index (χ0) is 12.8. The second-order valence-corrected chi connectivity index (χ2v) is 4.32. The maximum atomic E-state index is 5.82. The highest BCUT2D eigenvalue weighted by atomic mass is 32.1. The van der Waals surface area contributed by atoms with Crippen molar-refractivity contribution in [2.45, 2.75) is 6.04 Å². The highest BCUT2D eigenvalue weighted by Gasteiger charge is 2.12. The molecular weight excluding hydrogens is 240 g/mol. The highest BCUT2D eigenvalue weighted by Crippen LogP contribution is 2.25. The van der Waals surface area contributed by atoms with Crippen molar-refractivity contribution >= 4 is 18.5 Å². The minimum Gasteiger partial charge on any atom is -0.387 e. The van der Waals surface area contributed by atoms with Crippen molar-refractivity contribution in [3.05, 3.63) is 71.8 Å². The Balaban J connectivity index is 2.42. The Bertz CT molecular complexity index is 469. The fourth-order valence-electron chi connectivity index (χ4n) is 1.82. The van der Waals surface area contributed by atoms with Gasteiger partial charge < -0.3 is 5.73 Å². The zero-order valence-electron chi connectivity index (χ0n) is 10.0. The summed E-state index contributed by atoms with van der Waals surface area (Å²) >= 11 is 4.16. The Hall–Kier alpha value is -1.74. The predicted octanol–water partition coefficient (Wildman–Crippen LogP) is 3.06. The molecule has 2 aromatic carbocycles. The second-order valence-electron chi connectivity index (χ2n) is 4.00. The van der Waals surface area contributed by atoms with Gasteiger partial charge in [0, 0.05) is 5.75 Å². The summed E-state index contributed by atoms with van der Waals surface area (Å²) in [4.78, 5) is 4.55. The lowest BCUT2D eigenvalue weighted by Crippen LogP contribution is -2.15. The number of aliphatic imine (C=N–C) groups is 1. The molecule has 0 saturated heterocycles. The molecule has 0 aromatic heterocycles. The van der Waals surface area contributed by atoms with Crippen molar-refractivity contribution in [3.8, 4) is 0 Å². The predicted molar refractivity (Wildman–Crippen MR) is 80.2 cm³/mol. The summed E-state index contributed by atoms with van der Waals surface area (Å²) in [6, 6.07) is 20.2. The zero-order valence-corrected chi connectivity index (χ0v) is 10.9. The molecule has 3 heteroatoms. The summed E-state index contributed by atoms with van der Waals surface area (Å²) in [5.41, 5.74) is 8.09. The van der Waals surface area contributed by atoms with Crippen molar-refractivity contribution in [2.75, 3.05) is 5.75 Å². The number of thiol groups is 1. The fraction of sp³-hybridized carbons (Fsp3) is 0.133. The quantitative estimate of drug-likeness (QED) is 0.492. The van der Waals surface area contributed by atoms with Crippen LogP contribution in [-0.2, 0) is 0 Å². The topological polar surface area (TPSA) is 38.4 Å². The Labute approximate surface area is 113 Å². The van der Waals surface area contributed by atoms with Crippen molar-refractivity contribution in [2.24, 2.45) is 10.7 Å². The molecule has 2 rings (SSSR count). The van der Waals surface area contributed by atoms with E-state index in [0.717, 1.165) is 11.1 Å². The maximum absolute atomic E-state index is 5.82. The molecular formula is C15H16N2S. The number of rotatable bonds is 4. The Morgan fingerprint density at radius 1 is 0.944 bits per heavy atom. The molecule has 18 heavy (non-hydrogen) atoms. The van der Waals surface area contributed by atoms with E-state index in [2.05, 4.69) is 41.9 Å². The van der Waals surface area contributed by atoms with E-state index < -0.39 is 0 Å². The molecule has 0 saturated carbocycles. The first-order valence-corrected chi connectivity index (χ1v) is 6.47. The summed E-state index contributed by atoms with van der Waals surface area (Å²) in [6.45, 7) is 0. The van der Waals surface area contributed by atoms with Crippen molar-refractivity contribution < 1.29 is 0 Å². The van der Waals surface area contributed by atoms with E-state index in [1.165, 1.54) is 0 Å². The highest BCUT2D eigenvalue weighted by molar-refractivity contribution is 7.81. The van der Waals surface area contributed by atoms with E-state index >= 15 is 0 Å². The molecule has 2 nitrogen and oxygen atoms in total. The third-order valence-corrected chi connectivity index (χ3v) is 3.01. The summed E-state index contributed by atoms with van der Waals surface area (Å²) in [6.07, 6.45) is 0. The largest absolute Gasteiger partial charge is 0.387 e. The van der Waals surface area contributed by atoms with Gasteiger partial charge in [-0.1, -0.05) is 60.7 Å². The van der Waals surface area contributed by atoms with Crippen LogP contribution in [0.15, 0.2) is 65.7 Å². The molecule has 0 bridgehead atoms. The van der Waals surface area contributed by atoms with Gasteiger partial charge in [-0.2, -0.15) is 12.6 Å². The van der Waals surface area contributed by atoms with Crippen LogP contribution in [0.25, 0.3) is 0 Å². The van der Waals surface area contributed by atoms with Gasteiger partial charge in [-0.25, -0.2) is 0 Å². The van der Waals surface area contributed by atoms with Gasteiger partial charge in [-0.15, -0.1) is 0 Å². The summed E-state index contributed by atoms with van der Waals surface area (Å²) in [7, 11) is 0. The van der Waals surface area contributed by atoms with E-state index in [-0.39, 0.29) is 6.04 Å². The van der Waals surface area contributed by atoms with Crippen LogP contribution in [0.5, 0.6) is 0 Å². The first kappa shape index (κ1) is 12.7. The number of nitrogens with two attached hydrogens (primary N) is 1.